The molecule has 1 aliphatic heterocycles. The third-order valence-corrected chi connectivity index (χ3v) is 5.20. The van der Waals surface area contributed by atoms with Gasteiger partial charge in [-0.2, -0.15) is 10.1 Å². The Morgan fingerprint density at radius 1 is 1.22 bits per heavy atom. The van der Waals surface area contributed by atoms with Crippen molar-refractivity contribution in [2.45, 2.75) is 19.5 Å². The summed E-state index contributed by atoms with van der Waals surface area (Å²) in [6.07, 6.45) is 7.38. The number of hydrogen-bond donors (Lipinski definition) is 4. The molecule has 0 amide bonds. The molecule has 168 valence electrons. The minimum atomic E-state index is 0.443. The van der Waals surface area contributed by atoms with Crippen LogP contribution in [0.3, 0.4) is 0 Å². The SMILES string of the molecule is N=Cc1cnc(Nc2cnn(CCCN)c2)nc1NCc1cccc(N2CCOCC2)c1. The van der Waals surface area contributed by atoms with Crippen LogP contribution in [0.2, 0.25) is 0 Å². The summed E-state index contributed by atoms with van der Waals surface area (Å²) in [6, 6.07) is 8.45. The van der Waals surface area contributed by atoms with Gasteiger partial charge in [-0.1, -0.05) is 12.1 Å². The van der Waals surface area contributed by atoms with Crippen LogP contribution in [-0.2, 0) is 17.8 Å². The van der Waals surface area contributed by atoms with Gasteiger partial charge >= 0.3 is 0 Å². The van der Waals surface area contributed by atoms with E-state index in [0.29, 0.717) is 30.4 Å². The third-order valence-electron chi connectivity index (χ3n) is 5.20. The average molecular weight is 436 g/mol. The standard InChI is InChI=1S/C22H29N9O/c23-5-2-6-31-16-19(15-27-31)28-22-26-14-18(12-24)21(29-22)25-13-17-3-1-4-20(11-17)30-7-9-32-10-8-30/h1,3-4,11-12,14-16,24H,2,5-10,13,23H2,(H2,25,26,28,29). The number of rotatable bonds is 10. The van der Waals surface area contributed by atoms with Crippen LogP contribution in [0.25, 0.3) is 0 Å². The third kappa shape index (κ3) is 5.59. The normalized spacial score (nSPS) is 13.7. The molecule has 0 saturated carbocycles. The Kier molecular flexibility index (Phi) is 7.26. The molecule has 1 saturated heterocycles. The van der Waals surface area contributed by atoms with E-state index in [1.807, 2.05) is 10.9 Å². The molecular weight excluding hydrogens is 406 g/mol. The number of morpholine rings is 1. The number of aromatic nitrogens is 4. The molecule has 1 aromatic carbocycles. The molecule has 0 aliphatic carbocycles. The quantitative estimate of drug-likeness (QED) is 0.357. The first-order valence-corrected chi connectivity index (χ1v) is 10.8. The Labute approximate surface area is 187 Å². The number of ether oxygens (including phenoxy) is 1. The molecule has 10 heteroatoms. The van der Waals surface area contributed by atoms with Crippen LogP contribution in [0.1, 0.15) is 17.5 Å². The van der Waals surface area contributed by atoms with E-state index in [9.17, 15) is 0 Å². The summed E-state index contributed by atoms with van der Waals surface area (Å²) in [6.45, 7) is 5.30. The van der Waals surface area contributed by atoms with Gasteiger partial charge in [0.15, 0.2) is 0 Å². The van der Waals surface area contributed by atoms with Gasteiger partial charge in [0.25, 0.3) is 0 Å². The van der Waals surface area contributed by atoms with E-state index in [2.05, 4.69) is 54.9 Å². The molecule has 0 spiro atoms. The molecule has 0 radical (unpaired) electrons. The van der Waals surface area contributed by atoms with Gasteiger partial charge in [0, 0.05) is 50.5 Å². The number of nitrogens with one attached hydrogen (secondary N) is 3. The van der Waals surface area contributed by atoms with Gasteiger partial charge in [0.2, 0.25) is 5.95 Å². The molecule has 1 aliphatic rings. The van der Waals surface area contributed by atoms with Gasteiger partial charge in [-0.15, -0.1) is 0 Å². The van der Waals surface area contributed by atoms with Crippen molar-refractivity contribution >= 4 is 29.4 Å². The van der Waals surface area contributed by atoms with Gasteiger partial charge in [-0.3, -0.25) is 4.68 Å². The van der Waals surface area contributed by atoms with Crippen molar-refractivity contribution in [1.29, 1.82) is 5.41 Å². The van der Waals surface area contributed by atoms with Crippen molar-refractivity contribution in [3.05, 3.63) is 54.0 Å². The Bertz CT molecular complexity index is 1030. The fourth-order valence-electron chi connectivity index (χ4n) is 3.50. The predicted molar refractivity (Wildman–Crippen MR) is 126 cm³/mol. The first-order chi connectivity index (χ1) is 15.7. The predicted octanol–water partition coefficient (Wildman–Crippen LogP) is 2.21. The van der Waals surface area contributed by atoms with E-state index in [0.717, 1.165) is 50.5 Å². The largest absolute Gasteiger partial charge is 0.378 e. The van der Waals surface area contributed by atoms with Crippen molar-refractivity contribution in [3.8, 4) is 0 Å². The van der Waals surface area contributed by atoms with Crippen molar-refractivity contribution in [1.82, 2.24) is 19.7 Å². The maximum Gasteiger partial charge on any atom is 0.229 e. The molecule has 4 rings (SSSR count). The average Bonchev–Trinajstić information content (AvgIpc) is 3.29. The summed E-state index contributed by atoms with van der Waals surface area (Å²) < 4.78 is 7.28. The van der Waals surface area contributed by atoms with Crippen molar-refractivity contribution in [3.63, 3.8) is 0 Å². The van der Waals surface area contributed by atoms with Gasteiger partial charge in [-0.25, -0.2) is 4.98 Å². The Morgan fingerprint density at radius 2 is 2.09 bits per heavy atom. The minimum Gasteiger partial charge on any atom is -0.378 e. The van der Waals surface area contributed by atoms with E-state index in [1.165, 1.54) is 11.9 Å². The number of aryl methyl sites for hydroxylation is 1. The second-order valence-electron chi connectivity index (χ2n) is 7.52. The van der Waals surface area contributed by atoms with E-state index in [-0.39, 0.29) is 0 Å². The zero-order valence-corrected chi connectivity index (χ0v) is 18.0. The number of anilines is 4. The Balaban J connectivity index is 1.43. The lowest BCUT2D eigenvalue weighted by molar-refractivity contribution is 0.122. The highest BCUT2D eigenvalue weighted by Gasteiger charge is 2.12. The van der Waals surface area contributed by atoms with Crippen LogP contribution in [0.4, 0.5) is 23.1 Å². The molecule has 10 nitrogen and oxygen atoms in total. The number of nitrogens with zero attached hydrogens (tertiary/aromatic N) is 5. The second kappa shape index (κ2) is 10.7. The Morgan fingerprint density at radius 3 is 2.91 bits per heavy atom. The van der Waals surface area contributed by atoms with E-state index >= 15 is 0 Å². The highest BCUT2D eigenvalue weighted by molar-refractivity contribution is 5.84. The fourth-order valence-corrected chi connectivity index (χ4v) is 3.50. The lowest BCUT2D eigenvalue weighted by Gasteiger charge is -2.29. The zero-order valence-electron chi connectivity index (χ0n) is 18.0. The van der Waals surface area contributed by atoms with E-state index in [4.69, 9.17) is 15.9 Å². The smallest absolute Gasteiger partial charge is 0.229 e. The molecular formula is C22H29N9O. The lowest BCUT2D eigenvalue weighted by Crippen LogP contribution is -2.36. The molecule has 0 atom stereocenters. The van der Waals surface area contributed by atoms with Crippen molar-refractivity contribution < 1.29 is 4.74 Å². The zero-order chi connectivity index (χ0) is 22.2. The molecule has 0 bridgehead atoms. The fraction of sp³-hybridized carbons (Fsp3) is 0.364. The Hall–Kier alpha value is -3.50. The summed E-state index contributed by atoms with van der Waals surface area (Å²) >= 11 is 0. The van der Waals surface area contributed by atoms with Crippen LogP contribution in [-0.4, -0.2) is 58.8 Å². The van der Waals surface area contributed by atoms with Gasteiger partial charge < -0.3 is 31.4 Å². The second-order valence-corrected chi connectivity index (χ2v) is 7.52. The van der Waals surface area contributed by atoms with Gasteiger partial charge in [0.1, 0.15) is 5.82 Å². The maximum atomic E-state index is 7.69. The molecule has 32 heavy (non-hydrogen) atoms. The van der Waals surface area contributed by atoms with E-state index in [1.54, 1.807) is 12.4 Å². The molecule has 3 aromatic rings. The monoisotopic (exact) mass is 435 g/mol. The van der Waals surface area contributed by atoms with Crippen LogP contribution in [0, 0.1) is 5.41 Å². The topological polar surface area (TPSA) is 130 Å². The van der Waals surface area contributed by atoms with Gasteiger partial charge in [-0.05, 0) is 30.7 Å². The maximum absolute atomic E-state index is 7.69. The summed E-state index contributed by atoms with van der Waals surface area (Å²) in [4.78, 5) is 11.2. The summed E-state index contributed by atoms with van der Waals surface area (Å²) in [5.74, 6) is 1.04. The molecule has 1 fully saturated rings. The van der Waals surface area contributed by atoms with Gasteiger partial charge in [0.05, 0.1) is 30.7 Å². The minimum absolute atomic E-state index is 0.443. The van der Waals surface area contributed by atoms with Crippen molar-refractivity contribution in [2.75, 3.05) is 48.4 Å². The van der Waals surface area contributed by atoms with Crippen LogP contribution < -0.4 is 21.3 Å². The summed E-state index contributed by atoms with van der Waals surface area (Å²) in [5, 5.41) is 18.5. The molecule has 5 N–H and O–H groups in total. The van der Waals surface area contributed by atoms with Crippen molar-refractivity contribution in [2.24, 2.45) is 5.73 Å². The molecule has 2 aromatic heterocycles. The number of nitrogens with two attached hydrogens (primary N) is 1. The van der Waals surface area contributed by atoms with Crippen LogP contribution in [0.15, 0.2) is 42.9 Å². The summed E-state index contributed by atoms with van der Waals surface area (Å²) in [7, 11) is 0. The first-order valence-electron chi connectivity index (χ1n) is 10.8. The molecule has 3 heterocycles. The number of hydrogen-bond acceptors (Lipinski definition) is 9. The highest BCUT2D eigenvalue weighted by atomic mass is 16.5. The van der Waals surface area contributed by atoms with Crippen LogP contribution in [0.5, 0.6) is 0 Å². The first kappa shape index (κ1) is 21.7. The van der Waals surface area contributed by atoms with Crippen LogP contribution >= 0.6 is 0 Å². The number of benzene rings is 1. The molecule has 0 unspecified atom stereocenters. The summed E-state index contributed by atoms with van der Waals surface area (Å²) in [5.41, 5.74) is 9.31. The van der Waals surface area contributed by atoms with E-state index < -0.39 is 0 Å². The highest BCUT2D eigenvalue weighted by Crippen LogP contribution is 2.20. The lowest BCUT2D eigenvalue weighted by atomic mass is 10.1.